The van der Waals surface area contributed by atoms with E-state index >= 15 is 0 Å². The fourth-order valence-electron chi connectivity index (χ4n) is 2.80. The van der Waals surface area contributed by atoms with Crippen LogP contribution >= 0.6 is 0 Å². The van der Waals surface area contributed by atoms with Gasteiger partial charge in [-0.15, -0.1) is 0 Å². The van der Waals surface area contributed by atoms with Crippen LogP contribution in [0.5, 0.6) is 0 Å². The van der Waals surface area contributed by atoms with Gasteiger partial charge < -0.3 is 19.8 Å². The van der Waals surface area contributed by atoms with Gasteiger partial charge in [0, 0.05) is 19.7 Å². The zero-order valence-electron chi connectivity index (χ0n) is 13.7. The summed E-state index contributed by atoms with van der Waals surface area (Å²) >= 11 is 0. The standard InChI is InChI=1S/C16H31NO4/c1-4-5-9-21-12-14(18)11-17-8-6-7-13(10-17)16(2,3)15(19)20/h13-14,18H,4-12H2,1-3H3,(H,19,20). The van der Waals surface area contributed by atoms with Crippen molar-refractivity contribution in [3.05, 3.63) is 0 Å². The van der Waals surface area contributed by atoms with Crippen molar-refractivity contribution >= 4 is 5.97 Å². The average molecular weight is 301 g/mol. The Hall–Kier alpha value is -0.650. The van der Waals surface area contributed by atoms with Crippen molar-refractivity contribution in [3.8, 4) is 0 Å². The molecule has 1 aliphatic rings. The minimum absolute atomic E-state index is 0.136. The van der Waals surface area contributed by atoms with Gasteiger partial charge in [0.2, 0.25) is 0 Å². The Bertz CT molecular complexity index is 319. The summed E-state index contributed by atoms with van der Waals surface area (Å²) in [6.07, 6.45) is 3.55. The third-order valence-corrected chi connectivity index (χ3v) is 4.50. The number of unbranched alkanes of at least 4 members (excludes halogenated alkanes) is 1. The zero-order chi connectivity index (χ0) is 15.9. The molecule has 0 aromatic carbocycles. The molecule has 0 aromatic rings. The highest BCUT2D eigenvalue weighted by atomic mass is 16.5. The van der Waals surface area contributed by atoms with Crippen molar-refractivity contribution in [1.29, 1.82) is 0 Å². The van der Waals surface area contributed by atoms with Crippen LogP contribution < -0.4 is 0 Å². The van der Waals surface area contributed by atoms with Crippen LogP contribution in [0.4, 0.5) is 0 Å². The molecule has 0 saturated carbocycles. The molecule has 0 radical (unpaired) electrons. The molecule has 1 rings (SSSR count). The van der Waals surface area contributed by atoms with E-state index < -0.39 is 17.5 Å². The number of carboxylic acid groups (broad SMARTS) is 1. The molecule has 2 atom stereocenters. The highest BCUT2D eigenvalue weighted by Gasteiger charge is 2.39. The maximum absolute atomic E-state index is 11.4. The minimum Gasteiger partial charge on any atom is -0.481 e. The summed E-state index contributed by atoms with van der Waals surface area (Å²) in [5.41, 5.74) is -0.707. The molecular formula is C16H31NO4. The Morgan fingerprint density at radius 2 is 2.19 bits per heavy atom. The topological polar surface area (TPSA) is 70.0 Å². The third kappa shape index (κ3) is 5.93. The fourth-order valence-corrected chi connectivity index (χ4v) is 2.80. The predicted octanol–water partition coefficient (Wildman–Crippen LogP) is 1.99. The van der Waals surface area contributed by atoms with Gasteiger partial charge in [0.05, 0.1) is 18.1 Å². The first kappa shape index (κ1) is 18.4. The number of aliphatic carboxylic acids is 1. The molecule has 5 heteroatoms. The van der Waals surface area contributed by atoms with Crippen LogP contribution in [0.2, 0.25) is 0 Å². The van der Waals surface area contributed by atoms with E-state index in [1.54, 1.807) is 13.8 Å². The molecule has 1 saturated heterocycles. The van der Waals surface area contributed by atoms with Gasteiger partial charge in [-0.1, -0.05) is 13.3 Å². The van der Waals surface area contributed by atoms with Gasteiger partial charge in [-0.3, -0.25) is 4.79 Å². The van der Waals surface area contributed by atoms with Crippen molar-refractivity contribution < 1.29 is 19.7 Å². The van der Waals surface area contributed by atoms with E-state index in [1.807, 2.05) is 0 Å². The molecule has 0 aromatic heterocycles. The monoisotopic (exact) mass is 301 g/mol. The normalized spacial score (nSPS) is 22.2. The second kappa shape index (κ2) is 8.71. The fraction of sp³-hybridized carbons (Fsp3) is 0.938. The number of hydrogen-bond donors (Lipinski definition) is 2. The van der Waals surface area contributed by atoms with E-state index in [2.05, 4.69) is 11.8 Å². The number of carbonyl (C=O) groups is 1. The maximum atomic E-state index is 11.4. The van der Waals surface area contributed by atoms with Crippen LogP contribution in [0.15, 0.2) is 0 Å². The molecule has 0 spiro atoms. The smallest absolute Gasteiger partial charge is 0.309 e. The number of piperidine rings is 1. The summed E-state index contributed by atoms with van der Waals surface area (Å²) in [6, 6.07) is 0. The summed E-state index contributed by atoms with van der Waals surface area (Å²) in [4.78, 5) is 13.5. The molecule has 1 fully saturated rings. The van der Waals surface area contributed by atoms with Crippen LogP contribution in [0.1, 0.15) is 46.5 Å². The van der Waals surface area contributed by atoms with E-state index in [0.29, 0.717) is 19.8 Å². The number of aliphatic hydroxyl groups is 1. The molecule has 5 nitrogen and oxygen atoms in total. The van der Waals surface area contributed by atoms with Gasteiger partial charge in [0.25, 0.3) is 0 Å². The van der Waals surface area contributed by atoms with Crippen molar-refractivity contribution in [2.24, 2.45) is 11.3 Å². The number of likely N-dealkylation sites (tertiary alicyclic amines) is 1. The second-order valence-electron chi connectivity index (χ2n) is 6.71. The molecule has 1 aliphatic heterocycles. The Morgan fingerprint density at radius 3 is 2.81 bits per heavy atom. The van der Waals surface area contributed by atoms with Crippen molar-refractivity contribution in [1.82, 2.24) is 4.90 Å². The molecule has 2 unspecified atom stereocenters. The van der Waals surface area contributed by atoms with Gasteiger partial charge in [-0.2, -0.15) is 0 Å². The average Bonchev–Trinajstić information content (AvgIpc) is 2.43. The number of aliphatic hydroxyl groups excluding tert-OH is 1. The van der Waals surface area contributed by atoms with Crippen LogP contribution in [-0.4, -0.2) is 60.0 Å². The van der Waals surface area contributed by atoms with Crippen molar-refractivity contribution in [2.45, 2.75) is 52.6 Å². The van der Waals surface area contributed by atoms with E-state index in [0.717, 1.165) is 38.8 Å². The lowest BCUT2D eigenvalue weighted by atomic mass is 9.74. The third-order valence-electron chi connectivity index (χ3n) is 4.50. The van der Waals surface area contributed by atoms with Crippen LogP contribution in [-0.2, 0) is 9.53 Å². The van der Waals surface area contributed by atoms with Crippen molar-refractivity contribution in [3.63, 3.8) is 0 Å². The summed E-state index contributed by atoms with van der Waals surface area (Å²) in [5.74, 6) is -0.602. The molecule has 0 bridgehead atoms. The van der Waals surface area contributed by atoms with E-state index in [9.17, 15) is 15.0 Å². The molecule has 2 N–H and O–H groups in total. The lowest BCUT2D eigenvalue weighted by molar-refractivity contribution is -0.151. The highest BCUT2D eigenvalue weighted by Crippen LogP contribution is 2.34. The van der Waals surface area contributed by atoms with Crippen LogP contribution in [0, 0.1) is 11.3 Å². The second-order valence-corrected chi connectivity index (χ2v) is 6.71. The van der Waals surface area contributed by atoms with Gasteiger partial charge in [-0.05, 0) is 45.6 Å². The highest BCUT2D eigenvalue weighted by molar-refractivity contribution is 5.74. The molecule has 21 heavy (non-hydrogen) atoms. The van der Waals surface area contributed by atoms with Crippen molar-refractivity contribution in [2.75, 3.05) is 32.8 Å². The van der Waals surface area contributed by atoms with Gasteiger partial charge in [-0.25, -0.2) is 0 Å². The summed E-state index contributed by atoms with van der Waals surface area (Å²) in [7, 11) is 0. The summed E-state index contributed by atoms with van der Waals surface area (Å²) < 4.78 is 5.44. The number of carboxylic acids is 1. The van der Waals surface area contributed by atoms with Gasteiger partial charge in [0.15, 0.2) is 0 Å². The lowest BCUT2D eigenvalue weighted by Crippen LogP contribution is -2.47. The first-order valence-corrected chi connectivity index (χ1v) is 8.09. The first-order valence-electron chi connectivity index (χ1n) is 8.09. The summed E-state index contributed by atoms with van der Waals surface area (Å²) in [5, 5.41) is 19.4. The Labute approximate surface area is 128 Å². The van der Waals surface area contributed by atoms with E-state index in [-0.39, 0.29) is 5.92 Å². The number of rotatable bonds is 9. The zero-order valence-corrected chi connectivity index (χ0v) is 13.7. The quantitative estimate of drug-likeness (QED) is 0.637. The van der Waals surface area contributed by atoms with Crippen LogP contribution in [0.25, 0.3) is 0 Å². The Kier molecular flexibility index (Phi) is 7.63. The maximum Gasteiger partial charge on any atom is 0.309 e. The number of nitrogens with zero attached hydrogens (tertiary/aromatic N) is 1. The largest absolute Gasteiger partial charge is 0.481 e. The Morgan fingerprint density at radius 1 is 1.48 bits per heavy atom. The first-order chi connectivity index (χ1) is 9.87. The number of ether oxygens (including phenoxy) is 1. The molecule has 124 valence electrons. The molecule has 0 amide bonds. The number of β-amino-alcohol motifs (C(OH)–C–C–N with tert-alkyl or cyclic N) is 1. The number of hydrogen-bond acceptors (Lipinski definition) is 4. The van der Waals surface area contributed by atoms with E-state index in [1.165, 1.54) is 0 Å². The van der Waals surface area contributed by atoms with Gasteiger partial charge >= 0.3 is 5.97 Å². The molecule has 0 aliphatic carbocycles. The minimum atomic E-state index is -0.738. The van der Waals surface area contributed by atoms with Gasteiger partial charge in [0.1, 0.15) is 0 Å². The van der Waals surface area contributed by atoms with Crippen LogP contribution in [0.3, 0.4) is 0 Å². The molecular weight excluding hydrogens is 270 g/mol. The summed E-state index contributed by atoms with van der Waals surface area (Å²) in [6.45, 7) is 9.01. The van der Waals surface area contributed by atoms with E-state index in [4.69, 9.17) is 4.74 Å². The predicted molar refractivity (Wildman–Crippen MR) is 82.3 cm³/mol. The lowest BCUT2D eigenvalue weighted by Gasteiger charge is -2.39. The Balaban J connectivity index is 2.37. The SMILES string of the molecule is CCCCOCC(O)CN1CCCC(C(C)(C)C(=O)O)C1. The molecule has 1 heterocycles.